The maximum atomic E-state index is 12.5. The minimum absolute atomic E-state index is 0.0606. The van der Waals surface area contributed by atoms with Crippen molar-refractivity contribution in [2.24, 2.45) is 10.7 Å². The first-order valence-electron chi connectivity index (χ1n) is 7.86. The molecule has 6 nitrogen and oxygen atoms in total. The Morgan fingerprint density at radius 3 is 2.83 bits per heavy atom. The molecule has 126 valence electrons. The average molecular weight is 327 g/mol. The summed E-state index contributed by atoms with van der Waals surface area (Å²) in [5.41, 5.74) is 7.56. The van der Waals surface area contributed by atoms with Crippen molar-refractivity contribution in [3.63, 3.8) is 0 Å². The van der Waals surface area contributed by atoms with Crippen LogP contribution in [0.5, 0.6) is 0 Å². The van der Waals surface area contributed by atoms with Gasteiger partial charge in [0.15, 0.2) is 11.7 Å². The van der Waals surface area contributed by atoms with Crippen molar-refractivity contribution in [1.29, 1.82) is 0 Å². The summed E-state index contributed by atoms with van der Waals surface area (Å²) >= 11 is 0. The lowest BCUT2D eigenvalue weighted by molar-refractivity contribution is 0.0986. The summed E-state index contributed by atoms with van der Waals surface area (Å²) in [4.78, 5) is 21.2. The zero-order valence-electron chi connectivity index (χ0n) is 14.1. The van der Waals surface area contributed by atoms with Crippen LogP contribution in [-0.4, -0.2) is 29.8 Å². The van der Waals surface area contributed by atoms with Gasteiger partial charge >= 0.3 is 0 Å². The number of aliphatic imine (C=N–C) groups is 1. The van der Waals surface area contributed by atoms with E-state index in [0.717, 1.165) is 11.1 Å². The minimum atomic E-state index is -0.526. The lowest BCUT2D eigenvalue weighted by atomic mass is 9.90. The highest BCUT2D eigenvalue weighted by molar-refractivity contribution is 5.96. The van der Waals surface area contributed by atoms with Gasteiger partial charge in [-0.25, -0.2) is 4.98 Å². The van der Waals surface area contributed by atoms with E-state index in [1.54, 1.807) is 13.8 Å². The Morgan fingerprint density at radius 1 is 1.38 bits per heavy atom. The number of hydrogen-bond donors (Lipinski definition) is 1. The van der Waals surface area contributed by atoms with Crippen LogP contribution in [0.2, 0.25) is 0 Å². The smallest absolute Gasteiger partial charge is 0.191 e. The van der Waals surface area contributed by atoms with Crippen LogP contribution in [0.1, 0.15) is 40.2 Å². The number of ketones is 1. The second kappa shape index (κ2) is 6.20. The third-order valence-corrected chi connectivity index (χ3v) is 4.10. The van der Waals surface area contributed by atoms with Crippen molar-refractivity contribution in [2.75, 3.05) is 13.2 Å². The monoisotopic (exact) mass is 327 g/mol. The molecule has 0 radical (unpaired) electrons. The molecule has 2 aromatic rings. The minimum Gasteiger partial charge on any atom is -0.446 e. The summed E-state index contributed by atoms with van der Waals surface area (Å²) in [5.74, 6) is 1.48. The number of carbonyl (C=O) groups excluding carboxylic acids is 1. The van der Waals surface area contributed by atoms with Crippen molar-refractivity contribution in [2.45, 2.75) is 32.7 Å². The largest absolute Gasteiger partial charge is 0.446 e. The number of oxazole rings is 1. The molecule has 1 aromatic heterocycles. The number of Topliss-reactive ketones (excluding diaryl/α,β-unsaturated/α-hetero) is 1. The Morgan fingerprint density at radius 2 is 2.17 bits per heavy atom. The van der Waals surface area contributed by atoms with E-state index in [-0.39, 0.29) is 12.2 Å². The first kappa shape index (κ1) is 16.4. The molecule has 1 aliphatic heterocycles. The maximum absolute atomic E-state index is 12.5. The molecule has 6 heteroatoms. The summed E-state index contributed by atoms with van der Waals surface area (Å²) in [6.07, 6.45) is 0.261. The van der Waals surface area contributed by atoms with Crippen LogP contribution in [-0.2, 0) is 16.7 Å². The van der Waals surface area contributed by atoms with Gasteiger partial charge in [-0.15, -0.1) is 0 Å². The summed E-state index contributed by atoms with van der Waals surface area (Å²) in [6.45, 7) is 6.29. The number of hydrogen-bond acceptors (Lipinski definition) is 6. The third kappa shape index (κ3) is 3.23. The highest BCUT2D eigenvalue weighted by Crippen LogP contribution is 2.29. The molecule has 1 atom stereocenters. The molecule has 1 unspecified atom stereocenters. The van der Waals surface area contributed by atoms with Crippen LogP contribution in [0, 0.1) is 13.8 Å². The number of nitrogens with zero attached hydrogens (tertiary/aromatic N) is 2. The van der Waals surface area contributed by atoms with Crippen molar-refractivity contribution in [1.82, 2.24) is 4.98 Å². The van der Waals surface area contributed by atoms with Gasteiger partial charge in [-0.2, -0.15) is 0 Å². The Kier molecular flexibility index (Phi) is 4.24. The van der Waals surface area contributed by atoms with Gasteiger partial charge in [0, 0.05) is 13.3 Å². The van der Waals surface area contributed by atoms with E-state index in [1.165, 1.54) is 0 Å². The Labute approximate surface area is 140 Å². The molecule has 2 heterocycles. The number of rotatable bonds is 4. The van der Waals surface area contributed by atoms with Crippen molar-refractivity contribution in [3.8, 4) is 0 Å². The molecule has 0 saturated heterocycles. The maximum Gasteiger partial charge on any atom is 0.191 e. The third-order valence-electron chi connectivity index (χ3n) is 4.10. The second-order valence-electron chi connectivity index (χ2n) is 6.31. The highest BCUT2D eigenvalue weighted by Gasteiger charge is 2.30. The van der Waals surface area contributed by atoms with Gasteiger partial charge in [-0.3, -0.25) is 9.79 Å². The molecule has 0 bridgehead atoms. The number of carbonyl (C=O) groups is 1. The van der Waals surface area contributed by atoms with Crippen LogP contribution >= 0.6 is 0 Å². The van der Waals surface area contributed by atoms with E-state index in [2.05, 4.69) is 9.98 Å². The number of nitrogens with two attached hydrogens (primary N) is 1. The molecule has 0 fully saturated rings. The van der Waals surface area contributed by atoms with Gasteiger partial charge in [0.05, 0.1) is 6.61 Å². The molecule has 1 aliphatic rings. The van der Waals surface area contributed by atoms with Crippen LogP contribution in [0.15, 0.2) is 33.7 Å². The van der Waals surface area contributed by atoms with Gasteiger partial charge in [-0.1, -0.05) is 24.3 Å². The van der Waals surface area contributed by atoms with Crippen LogP contribution < -0.4 is 5.73 Å². The van der Waals surface area contributed by atoms with E-state index in [1.807, 2.05) is 31.2 Å². The van der Waals surface area contributed by atoms with Gasteiger partial charge in [0.25, 0.3) is 0 Å². The SMILES string of the molecule is Cc1nc(C(=O)Cc2cccc(C3(C)COCC(N)=N3)c2)c(C)o1. The Balaban J connectivity index is 1.85. The van der Waals surface area contributed by atoms with Crippen molar-refractivity contribution < 1.29 is 13.9 Å². The number of amidine groups is 1. The molecule has 0 aliphatic carbocycles. The van der Waals surface area contributed by atoms with Crippen molar-refractivity contribution in [3.05, 3.63) is 52.7 Å². The molecule has 3 rings (SSSR count). The Hall–Kier alpha value is -2.47. The summed E-state index contributed by atoms with van der Waals surface area (Å²) in [6, 6.07) is 7.80. The topological polar surface area (TPSA) is 90.7 Å². The number of ether oxygens (including phenoxy) is 1. The Bertz CT molecular complexity index is 810. The van der Waals surface area contributed by atoms with E-state index in [4.69, 9.17) is 14.9 Å². The van der Waals surface area contributed by atoms with E-state index >= 15 is 0 Å². The van der Waals surface area contributed by atoms with Crippen molar-refractivity contribution >= 4 is 11.6 Å². The van der Waals surface area contributed by atoms with Gasteiger partial charge in [0.1, 0.15) is 29.4 Å². The fourth-order valence-electron chi connectivity index (χ4n) is 2.96. The standard InChI is InChI=1S/C18H21N3O3/c1-11-17(20-12(2)24-11)15(22)8-13-5-4-6-14(7-13)18(3)10-23-9-16(19)21-18/h4-7H,8-10H2,1-3H3,(H2,19,21). The predicted octanol–water partition coefficient (Wildman–Crippen LogP) is 2.32. The molecule has 24 heavy (non-hydrogen) atoms. The highest BCUT2D eigenvalue weighted by atomic mass is 16.5. The molecule has 0 spiro atoms. The zero-order chi connectivity index (χ0) is 17.3. The molecule has 1 aromatic carbocycles. The zero-order valence-corrected chi connectivity index (χ0v) is 14.1. The fraction of sp³-hybridized carbons (Fsp3) is 0.389. The molecular weight excluding hydrogens is 306 g/mol. The lowest BCUT2D eigenvalue weighted by Crippen LogP contribution is -2.37. The summed E-state index contributed by atoms with van der Waals surface area (Å²) < 4.78 is 10.9. The van der Waals surface area contributed by atoms with Crippen LogP contribution in [0.4, 0.5) is 0 Å². The first-order valence-corrected chi connectivity index (χ1v) is 7.86. The normalized spacial score (nSPS) is 20.7. The lowest BCUT2D eigenvalue weighted by Gasteiger charge is -2.30. The van der Waals surface area contributed by atoms with E-state index in [9.17, 15) is 4.79 Å². The molecular formula is C18H21N3O3. The number of aryl methyl sites for hydroxylation is 2. The number of benzene rings is 1. The molecule has 0 amide bonds. The van der Waals surface area contributed by atoms with E-state index < -0.39 is 5.54 Å². The van der Waals surface area contributed by atoms with E-state index in [0.29, 0.717) is 36.4 Å². The quantitative estimate of drug-likeness (QED) is 0.870. The van der Waals surface area contributed by atoms with Gasteiger partial charge in [0.2, 0.25) is 0 Å². The summed E-state index contributed by atoms with van der Waals surface area (Å²) in [7, 11) is 0. The van der Waals surface area contributed by atoms with Gasteiger partial charge < -0.3 is 14.9 Å². The number of aromatic nitrogens is 1. The fourth-order valence-corrected chi connectivity index (χ4v) is 2.96. The molecule has 0 saturated carbocycles. The second-order valence-corrected chi connectivity index (χ2v) is 6.31. The molecule has 2 N–H and O–H groups in total. The first-order chi connectivity index (χ1) is 11.4. The van der Waals surface area contributed by atoms with Crippen LogP contribution in [0.3, 0.4) is 0 Å². The predicted molar refractivity (Wildman–Crippen MR) is 90.2 cm³/mol. The van der Waals surface area contributed by atoms with Gasteiger partial charge in [-0.05, 0) is 25.0 Å². The van der Waals surface area contributed by atoms with Crippen LogP contribution in [0.25, 0.3) is 0 Å². The summed E-state index contributed by atoms with van der Waals surface area (Å²) in [5, 5.41) is 0. The average Bonchev–Trinajstić information content (AvgIpc) is 2.86.